The van der Waals surface area contributed by atoms with Crippen LogP contribution in [0.1, 0.15) is 10.5 Å². The zero-order valence-corrected chi connectivity index (χ0v) is 9.40. The molecule has 0 aromatic carbocycles. The first kappa shape index (κ1) is 14.9. The molecule has 0 aliphatic heterocycles. The summed E-state index contributed by atoms with van der Waals surface area (Å²) in [5.74, 6) is -2.11. The Hall–Kier alpha value is -2.16. The largest absolute Gasteiger partial charge is 0.477 e. The minimum atomic E-state index is -4.51. The molecule has 1 rings (SSSR count). The van der Waals surface area contributed by atoms with Gasteiger partial charge >= 0.3 is 12.1 Å². The van der Waals surface area contributed by atoms with Gasteiger partial charge in [-0.25, -0.2) is 9.78 Å². The molecule has 1 aromatic rings. The summed E-state index contributed by atoms with van der Waals surface area (Å²) in [6.45, 7) is -2.32. The third-order valence-corrected chi connectivity index (χ3v) is 1.76. The lowest BCUT2D eigenvalue weighted by molar-refractivity contribution is -0.174. The fourth-order valence-electron chi connectivity index (χ4n) is 1.08. The van der Waals surface area contributed by atoms with Crippen LogP contribution in [-0.4, -0.2) is 41.4 Å². The Balaban J connectivity index is 2.48. The van der Waals surface area contributed by atoms with Crippen molar-refractivity contribution in [2.24, 2.45) is 0 Å². The van der Waals surface area contributed by atoms with E-state index in [4.69, 9.17) is 5.11 Å². The summed E-state index contributed by atoms with van der Waals surface area (Å²) in [6, 6.07) is 2.37. The minimum absolute atomic E-state index is 0.105. The van der Waals surface area contributed by atoms with Gasteiger partial charge in [-0.05, 0) is 12.1 Å². The number of anilines is 1. The van der Waals surface area contributed by atoms with Gasteiger partial charge in [-0.2, -0.15) is 13.2 Å². The molecule has 0 saturated carbocycles. The van der Waals surface area contributed by atoms with Crippen molar-refractivity contribution in [1.29, 1.82) is 0 Å². The van der Waals surface area contributed by atoms with Gasteiger partial charge in [0.1, 0.15) is 18.9 Å². The molecule has 1 heterocycles. The van der Waals surface area contributed by atoms with Crippen LogP contribution in [0.25, 0.3) is 0 Å². The van der Waals surface area contributed by atoms with Crippen LogP contribution in [0.2, 0.25) is 0 Å². The highest BCUT2D eigenvalue weighted by Crippen LogP contribution is 2.14. The second-order valence-electron chi connectivity index (χ2n) is 3.39. The first-order valence-corrected chi connectivity index (χ1v) is 4.91. The third-order valence-electron chi connectivity index (χ3n) is 1.76. The predicted molar refractivity (Wildman–Crippen MR) is 56.7 cm³/mol. The van der Waals surface area contributed by atoms with Crippen molar-refractivity contribution in [1.82, 2.24) is 4.98 Å². The number of ether oxygens (including phenoxy) is 1. The quantitative estimate of drug-likeness (QED) is 0.847. The molecule has 1 aromatic heterocycles. The maximum Gasteiger partial charge on any atom is 0.411 e. The molecule has 9 heteroatoms. The van der Waals surface area contributed by atoms with E-state index in [1.165, 1.54) is 6.07 Å². The van der Waals surface area contributed by atoms with Crippen LogP contribution < -0.4 is 5.32 Å². The highest BCUT2D eigenvalue weighted by atomic mass is 19.4. The van der Waals surface area contributed by atoms with E-state index in [2.05, 4.69) is 15.0 Å². The highest BCUT2D eigenvalue weighted by Gasteiger charge is 2.27. The average molecular weight is 278 g/mol. The van der Waals surface area contributed by atoms with E-state index in [-0.39, 0.29) is 11.4 Å². The van der Waals surface area contributed by atoms with E-state index < -0.39 is 31.3 Å². The summed E-state index contributed by atoms with van der Waals surface area (Å²) in [5, 5.41) is 10.8. The monoisotopic (exact) mass is 278 g/mol. The number of carbonyl (C=O) groups is 2. The zero-order chi connectivity index (χ0) is 14.5. The number of carbonyl (C=O) groups excluding carboxylic acids is 1. The molecule has 0 aliphatic rings. The van der Waals surface area contributed by atoms with Gasteiger partial charge in [0.25, 0.3) is 0 Å². The number of pyridine rings is 1. The average Bonchev–Trinajstić information content (AvgIpc) is 2.27. The fourth-order valence-corrected chi connectivity index (χ4v) is 1.08. The number of hydrogen-bond donors (Lipinski definition) is 2. The maximum atomic E-state index is 11.7. The van der Waals surface area contributed by atoms with Crippen molar-refractivity contribution in [3.63, 3.8) is 0 Å². The Morgan fingerprint density at radius 2 is 2.11 bits per heavy atom. The number of carboxylic acids is 1. The van der Waals surface area contributed by atoms with E-state index in [0.717, 1.165) is 12.3 Å². The molecule has 19 heavy (non-hydrogen) atoms. The van der Waals surface area contributed by atoms with Gasteiger partial charge in [0.15, 0.2) is 0 Å². The number of aromatic nitrogens is 1. The van der Waals surface area contributed by atoms with Crippen molar-refractivity contribution in [2.45, 2.75) is 6.18 Å². The molecule has 0 atom stereocenters. The standard InChI is InChI=1S/C10H9F3N2O4/c11-10(12,13)5-19-4-8(16)15-6-1-2-14-7(3-6)9(17)18/h1-3H,4-5H2,(H,17,18)(H,14,15,16). The number of hydrogen-bond acceptors (Lipinski definition) is 4. The van der Waals surface area contributed by atoms with E-state index in [1.54, 1.807) is 0 Å². The fraction of sp³-hybridized carbons (Fsp3) is 0.300. The van der Waals surface area contributed by atoms with Crippen LogP contribution >= 0.6 is 0 Å². The van der Waals surface area contributed by atoms with Crippen molar-refractivity contribution >= 4 is 17.6 Å². The molecule has 1 amide bonds. The van der Waals surface area contributed by atoms with Crippen LogP contribution in [0, 0.1) is 0 Å². The summed E-state index contributed by atoms with van der Waals surface area (Å²) in [7, 11) is 0. The molecule has 0 saturated heterocycles. The Morgan fingerprint density at radius 1 is 1.42 bits per heavy atom. The molecule has 6 nitrogen and oxygen atoms in total. The molecule has 2 N–H and O–H groups in total. The van der Waals surface area contributed by atoms with Gasteiger partial charge in [-0.1, -0.05) is 0 Å². The van der Waals surface area contributed by atoms with E-state index >= 15 is 0 Å². The molecular formula is C10H9F3N2O4. The number of rotatable bonds is 5. The normalized spacial score (nSPS) is 11.1. The molecule has 104 valence electrons. The number of alkyl halides is 3. The molecule has 0 unspecified atom stereocenters. The number of nitrogens with one attached hydrogen (secondary N) is 1. The minimum Gasteiger partial charge on any atom is -0.477 e. The molecule has 0 fully saturated rings. The van der Waals surface area contributed by atoms with Gasteiger partial charge in [-0.15, -0.1) is 0 Å². The smallest absolute Gasteiger partial charge is 0.411 e. The second-order valence-corrected chi connectivity index (χ2v) is 3.39. The van der Waals surface area contributed by atoms with Crippen molar-refractivity contribution in [2.75, 3.05) is 18.5 Å². The summed E-state index contributed by atoms with van der Waals surface area (Å²) >= 11 is 0. The molecule has 0 aliphatic carbocycles. The highest BCUT2D eigenvalue weighted by molar-refractivity contribution is 5.93. The van der Waals surface area contributed by atoms with Gasteiger partial charge in [0.2, 0.25) is 5.91 Å². The molecule has 0 spiro atoms. The van der Waals surface area contributed by atoms with E-state index in [0.29, 0.717) is 0 Å². The van der Waals surface area contributed by atoms with Crippen molar-refractivity contribution in [3.05, 3.63) is 24.0 Å². The molecule has 0 radical (unpaired) electrons. The Kier molecular flexibility index (Phi) is 4.81. The van der Waals surface area contributed by atoms with Crippen LogP contribution in [-0.2, 0) is 9.53 Å². The van der Waals surface area contributed by atoms with Crippen LogP contribution in [0.5, 0.6) is 0 Å². The van der Waals surface area contributed by atoms with Gasteiger partial charge in [-0.3, -0.25) is 4.79 Å². The SMILES string of the molecule is O=C(COCC(F)(F)F)Nc1ccnc(C(=O)O)c1. The molecular weight excluding hydrogens is 269 g/mol. The Labute approximate surface area is 105 Å². The maximum absolute atomic E-state index is 11.7. The number of nitrogens with zero attached hydrogens (tertiary/aromatic N) is 1. The number of carboxylic acid groups (broad SMARTS) is 1. The first-order chi connectivity index (χ1) is 8.78. The predicted octanol–water partition coefficient (Wildman–Crippen LogP) is 1.30. The number of amides is 1. The van der Waals surface area contributed by atoms with Gasteiger partial charge in [0, 0.05) is 11.9 Å². The summed E-state index contributed by atoms with van der Waals surface area (Å²) in [5.41, 5.74) is -0.193. The van der Waals surface area contributed by atoms with Crippen LogP contribution in [0.15, 0.2) is 18.3 Å². The topological polar surface area (TPSA) is 88.5 Å². The lowest BCUT2D eigenvalue weighted by Gasteiger charge is -2.08. The van der Waals surface area contributed by atoms with E-state index in [9.17, 15) is 22.8 Å². The lowest BCUT2D eigenvalue weighted by Crippen LogP contribution is -2.24. The summed E-state index contributed by atoms with van der Waals surface area (Å²) < 4.78 is 39.4. The van der Waals surface area contributed by atoms with Crippen molar-refractivity contribution < 1.29 is 32.6 Å². The summed E-state index contributed by atoms with van der Waals surface area (Å²) in [4.78, 5) is 25.3. The number of halogens is 3. The first-order valence-electron chi connectivity index (χ1n) is 4.91. The number of aromatic carboxylic acids is 1. The molecule has 0 bridgehead atoms. The van der Waals surface area contributed by atoms with Crippen molar-refractivity contribution in [3.8, 4) is 0 Å². The lowest BCUT2D eigenvalue weighted by atomic mass is 10.3. The van der Waals surface area contributed by atoms with E-state index in [1.807, 2.05) is 0 Å². The van der Waals surface area contributed by atoms with Gasteiger partial charge in [0.05, 0.1) is 0 Å². The van der Waals surface area contributed by atoms with Crippen LogP contribution in [0.3, 0.4) is 0 Å². The Morgan fingerprint density at radius 3 is 2.68 bits per heavy atom. The van der Waals surface area contributed by atoms with Crippen LogP contribution in [0.4, 0.5) is 18.9 Å². The summed E-state index contributed by atoms with van der Waals surface area (Å²) in [6.07, 6.45) is -3.36. The zero-order valence-electron chi connectivity index (χ0n) is 9.40. The second kappa shape index (κ2) is 6.14. The third kappa shape index (κ3) is 5.82. The van der Waals surface area contributed by atoms with Gasteiger partial charge < -0.3 is 15.2 Å². The Bertz CT molecular complexity index is 476.